The molecule has 0 aliphatic heterocycles. The lowest BCUT2D eigenvalue weighted by atomic mass is 10.2. The first-order valence-electron chi connectivity index (χ1n) is 5.63. The van der Waals surface area contributed by atoms with E-state index in [1.807, 2.05) is 23.5 Å². The van der Waals surface area contributed by atoms with Crippen LogP contribution in [0.15, 0.2) is 16.6 Å². The second-order valence-corrected chi connectivity index (χ2v) is 6.45. The Balaban J connectivity index is 2.20. The second-order valence-electron chi connectivity index (χ2n) is 4.57. The molecule has 1 heterocycles. The summed E-state index contributed by atoms with van der Waals surface area (Å²) in [6.07, 6.45) is 0. The van der Waals surface area contributed by atoms with Crippen LogP contribution in [-0.2, 0) is 12.8 Å². The number of thioether (sulfide) groups is 1. The van der Waals surface area contributed by atoms with Gasteiger partial charge in [-0.25, -0.2) is 4.68 Å². The molecule has 0 bridgehead atoms. The van der Waals surface area contributed by atoms with Crippen LogP contribution < -0.4 is 0 Å². The van der Waals surface area contributed by atoms with Crippen molar-refractivity contribution in [3.63, 3.8) is 0 Å². The van der Waals surface area contributed by atoms with Crippen LogP contribution in [0.5, 0.6) is 0 Å². The van der Waals surface area contributed by atoms with Crippen molar-refractivity contribution in [3.05, 3.63) is 22.2 Å². The van der Waals surface area contributed by atoms with Gasteiger partial charge in [-0.05, 0) is 45.3 Å². The molecule has 5 heteroatoms. The van der Waals surface area contributed by atoms with Crippen LogP contribution in [0.4, 0.5) is 0 Å². The second kappa shape index (κ2) is 5.40. The highest BCUT2D eigenvalue weighted by atomic mass is 79.9. The highest BCUT2D eigenvalue weighted by molar-refractivity contribution is 9.10. The summed E-state index contributed by atoms with van der Waals surface area (Å²) in [5.74, 6) is 2.97. The number of fused-ring (bicyclic) bond motifs is 1. The number of aryl methyl sites for hydroxylation is 1. The molecule has 0 fully saturated rings. The largest absolute Gasteiger partial charge is 0.248 e. The van der Waals surface area contributed by atoms with Gasteiger partial charge in [-0.2, -0.15) is 11.8 Å². The summed E-state index contributed by atoms with van der Waals surface area (Å²) in [5.41, 5.74) is 3.34. The highest BCUT2D eigenvalue weighted by Gasteiger charge is 2.08. The monoisotopic (exact) mass is 313 g/mol. The third-order valence-electron chi connectivity index (χ3n) is 2.45. The van der Waals surface area contributed by atoms with E-state index in [2.05, 4.69) is 52.2 Å². The first kappa shape index (κ1) is 12.9. The molecular weight excluding hydrogens is 298 g/mol. The molecule has 92 valence electrons. The van der Waals surface area contributed by atoms with E-state index in [0.29, 0.717) is 0 Å². The number of nitrogens with zero attached hydrogens (tertiary/aromatic N) is 3. The SMILES string of the molecule is CC(C)CSCc1cc(Br)c2nnn(C)c2c1. The Hall–Kier alpha value is -0.550. The van der Waals surface area contributed by atoms with Crippen LogP contribution in [-0.4, -0.2) is 20.7 Å². The number of rotatable bonds is 4. The molecule has 0 N–H and O–H groups in total. The molecule has 2 aromatic rings. The summed E-state index contributed by atoms with van der Waals surface area (Å²) < 4.78 is 2.85. The minimum atomic E-state index is 0.741. The molecule has 0 aliphatic carbocycles. The van der Waals surface area contributed by atoms with Gasteiger partial charge in [-0.1, -0.05) is 19.1 Å². The average Bonchev–Trinajstić information content (AvgIpc) is 2.61. The van der Waals surface area contributed by atoms with E-state index in [9.17, 15) is 0 Å². The Labute approximate surface area is 114 Å². The van der Waals surface area contributed by atoms with Crippen LogP contribution in [0.2, 0.25) is 0 Å². The van der Waals surface area contributed by atoms with E-state index in [1.54, 1.807) is 0 Å². The summed E-state index contributed by atoms with van der Waals surface area (Å²) >= 11 is 5.53. The molecular formula is C12H16BrN3S. The van der Waals surface area contributed by atoms with Gasteiger partial charge in [0, 0.05) is 17.3 Å². The summed E-state index contributed by atoms with van der Waals surface area (Å²) in [5, 5.41) is 8.16. The molecule has 2 rings (SSSR count). The molecule has 0 aliphatic rings. The molecule has 1 aromatic heterocycles. The van der Waals surface area contributed by atoms with Gasteiger partial charge in [0.05, 0.1) is 5.52 Å². The van der Waals surface area contributed by atoms with Gasteiger partial charge in [-0.3, -0.25) is 0 Å². The molecule has 0 unspecified atom stereocenters. The normalized spacial score (nSPS) is 11.6. The van der Waals surface area contributed by atoms with Crippen molar-refractivity contribution in [2.24, 2.45) is 13.0 Å². The predicted octanol–water partition coefficient (Wildman–Crippen LogP) is 3.62. The van der Waals surface area contributed by atoms with Crippen molar-refractivity contribution in [1.82, 2.24) is 15.0 Å². The molecule has 0 saturated carbocycles. The van der Waals surface area contributed by atoms with Crippen molar-refractivity contribution >= 4 is 38.7 Å². The zero-order chi connectivity index (χ0) is 12.4. The zero-order valence-corrected chi connectivity index (χ0v) is 12.7. The Morgan fingerprint density at radius 3 is 2.88 bits per heavy atom. The first-order valence-corrected chi connectivity index (χ1v) is 7.58. The van der Waals surface area contributed by atoms with E-state index in [1.165, 1.54) is 11.3 Å². The van der Waals surface area contributed by atoms with Crippen molar-refractivity contribution < 1.29 is 0 Å². The predicted molar refractivity (Wildman–Crippen MR) is 77.2 cm³/mol. The zero-order valence-electron chi connectivity index (χ0n) is 10.3. The standard InChI is InChI=1S/C12H16BrN3S/c1-8(2)6-17-7-9-4-10(13)12-11(5-9)16(3)15-14-12/h4-5,8H,6-7H2,1-3H3. The fraction of sp³-hybridized carbons (Fsp3) is 0.500. The lowest BCUT2D eigenvalue weighted by Gasteiger charge is -2.05. The summed E-state index contributed by atoms with van der Waals surface area (Å²) in [6.45, 7) is 4.49. The summed E-state index contributed by atoms with van der Waals surface area (Å²) in [4.78, 5) is 0. The Kier molecular flexibility index (Phi) is 4.09. The maximum Gasteiger partial charge on any atom is 0.127 e. The number of halogens is 1. The van der Waals surface area contributed by atoms with Crippen LogP contribution in [0.25, 0.3) is 11.0 Å². The lowest BCUT2D eigenvalue weighted by molar-refractivity contribution is 0.736. The number of hydrogen-bond donors (Lipinski definition) is 0. The van der Waals surface area contributed by atoms with E-state index < -0.39 is 0 Å². The van der Waals surface area contributed by atoms with Gasteiger partial charge in [0.2, 0.25) is 0 Å². The molecule has 0 spiro atoms. The van der Waals surface area contributed by atoms with Crippen LogP contribution >= 0.6 is 27.7 Å². The van der Waals surface area contributed by atoms with Gasteiger partial charge < -0.3 is 0 Å². The van der Waals surface area contributed by atoms with Crippen molar-refractivity contribution in [2.45, 2.75) is 19.6 Å². The quantitative estimate of drug-likeness (QED) is 0.863. The van der Waals surface area contributed by atoms with Crippen LogP contribution in [0.1, 0.15) is 19.4 Å². The van der Waals surface area contributed by atoms with Gasteiger partial charge in [0.15, 0.2) is 0 Å². The van der Waals surface area contributed by atoms with E-state index in [4.69, 9.17) is 0 Å². The van der Waals surface area contributed by atoms with Gasteiger partial charge >= 0.3 is 0 Å². The van der Waals surface area contributed by atoms with Crippen LogP contribution in [0, 0.1) is 5.92 Å². The van der Waals surface area contributed by atoms with Crippen molar-refractivity contribution in [2.75, 3.05) is 5.75 Å². The number of aromatic nitrogens is 3. The van der Waals surface area contributed by atoms with E-state index in [-0.39, 0.29) is 0 Å². The number of benzene rings is 1. The Morgan fingerprint density at radius 1 is 1.41 bits per heavy atom. The van der Waals surface area contributed by atoms with E-state index >= 15 is 0 Å². The maximum absolute atomic E-state index is 4.13. The Bertz CT molecular complexity index is 522. The first-order chi connectivity index (χ1) is 8.08. The molecule has 0 amide bonds. The smallest absolute Gasteiger partial charge is 0.127 e. The number of hydrogen-bond acceptors (Lipinski definition) is 3. The lowest BCUT2D eigenvalue weighted by Crippen LogP contribution is -1.93. The third kappa shape index (κ3) is 3.01. The fourth-order valence-electron chi connectivity index (χ4n) is 1.64. The average molecular weight is 314 g/mol. The molecule has 3 nitrogen and oxygen atoms in total. The van der Waals surface area contributed by atoms with Gasteiger partial charge in [0.25, 0.3) is 0 Å². The molecule has 0 radical (unpaired) electrons. The van der Waals surface area contributed by atoms with Gasteiger partial charge in [0.1, 0.15) is 5.52 Å². The van der Waals surface area contributed by atoms with Crippen molar-refractivity contribution in [1.29, 1.82) is 0 Å². The fourth-order valence-corrected chi connectivity index (χ4v) is 3.21. The van der Waals surface area contributed by atoms with E-state index in [0.717, 1.165) is 27.2 Å². The highest BCUT2D eigenvalue weighted by Crippen LogP contribution is 2.26. The maximum atomic E-state index is 4.13. The van der Waals surface area contributed by atoms with Crippen molar-refractivity contribution in [3.8, 4) is 0 Å². The van der Waals surface area contributed by atoms with Crippen LogP contribution in [0.3, 0.4) is 0 Å². The Morgan fingerprint density at radius 2 is 2.18 bits per heavy atom. The third-order valence-corrected chi connectivity index (χ3v) is 4.49. The van der Waals surface area contributed by atoms with Gasteiger partial charge in [-0.15, -0.1) is 5.10 Å². The molecule has 17 heavy (non-hydrogen) atoms. The minimum Gasteiger partial charge on any atom is -0.248 e. The summed E-state index contributed by atoms with van der Waals surface area (Å²) in [6, 6.07) is 4.32. The molecule has 1 aromatic carbocycles. The summed E-state index contributed by atoms with van der Waals surface area (Å²) in [7, 11) is 1.92. The minimum absolute atomic E-state index is 0.741. The molecule has 0 atom stereocenters. The topological polar surface area (TPSA) is 30.7 Å². The molecule has 0 saturated heterocycles.